The third-order valence-electron chi connectivity index (χ3n) is 0.260. The van der Waals surface area contributed by atoms with Gasteiger partial charge in [-0.2, -0.15) is 0 Å². The van der Waals surface area contributed by atoms with Gasteiger partial charge >= 0.3 is 38.2 Å². The van der Waals surface area contributed by atoms with E-state index in [0.717, 1.165) is 0 Å². The van der Waals surface area contributed by atoms with Crippen LogP contribution in [0.2, 0.25) is 0 Å². The molecule has 1 amide bonds. The van der Waals surface area contributed by atoms with Gasteiger partial charge in [0.25, 0.3) is 0 Å². The molecular weight excluding hydrogens is 140 g/mol. The third kappa shape index (κ3) is 9.73. The summed E-state index contributed by atoms with van der Waals surface area (Å²) in [5.41, 5.74) is 4.57. The Morgan fingerprint density at radius 3 is 2.38 bits per heavy atom. The van der Waals surface area contributed by atoms with E-state index >= 15 is 0 Å². The second-order valence-electron chi connectivity index (χ2n) is 0.814. The number of carbonyl (C=O) groups excluding carboxylic acids is 1. The summed E-state index contributed by atoms with van der Waals surface area (Å²) in [5, 5.41) is 0. The Balaban J connectivity index is 0. The van der Waals surface area contributed by atoms with Crippen LogP contribution in [0.5, 0.6) is 0 Å². The van der Waals surface area contributed by atoms with Crippen molar-refractivity contribution in [2.75, 3.05) is 6.61 Å². The third-order valence-corrected chi connectivity index (χ3v) is 0.494. The van der Waals surface area contributed by atoms with E-state index in [1.807, 2.05) is 0 Å². The molecule has 0 aliphatic carbocycles. The van der Waals surface area contributed by atoms with Gasteiger partial charge in [0.2, 0.25) is 5.91 Å². The second kappa shape index (κ2) is 7.53. The molecule has 6 heteroatoms. The first-order valence-electron chi connectivity index (χ1n) is 1.50. The Labute approximate surface area is 70.3 Å². The molecule has 0 aromatic carbocycles. The van der Waals surface area contributed by atoms with Crippen LogP contribution in [0.4, 0.5) is 0 Å². The molecular formula is C2H5NNaO3P. The molecule has 0 saturated heterocycles. The molecule has 0 saturated carbocycles. The van der Waals surface area contributed by atoms with E-state index in [4.69, 9.17) is 0 Å². The maximum atomic E-state index is 9.71. The van der Waals surface area contributed by atoms with Crippen molar-refractivity contribution in [2.45, 2.75) is 0 Å². The van der Waals surface area contributed by atoms with Crippen LogP contribution < -0.4 is 5.73 Å². The number of carbonyl (C=O) groups is 1. The number of hydrogen-bond acceptors (Lipinski definition) is 3. The van der Waals surface area contributed by atoms with Gasteiger partial charge in [0.1, 0.15) is 6.61 Å². The van der Waals surface area contributed by atoms with Gasteiger partial charge in [0, 0.05) is 0 Å². The molecule has 0 aromatic rings. The first-order chi connectivity index (χ1) is 3.27. The zero-order chi connectivity index (χ0) is 5.70. The Morgan fingerprint density at radius 2 is 2.25 bits per heavy atom. The van der Waals surface area contributed by atoms with Gasteiger partial charge in [0.05, 0.1) is 0 Å². The molecule has 0 rings (SSSR count). The molecule has 0 aliphatic rings. The van der Waals surface area contributed by atoms with Crippen molar-refractivity contribution in [3.8, 4) is 0 Å². The Hall–Kier alpha value is 0.530. The van der Waals surface area contributed by atoms with Crippen LogP contribution in [0.25, 0.3) is 0 Å². The fourth-order valence-electron chi connectivity index (χ4n) is 0.0900. The standard InChI is InChI=1S/C2H4NO3P.Na.H/c3-2(4)1-6-7-5;;/h1H2,(H2,3,4);;. The first kappa shape index (κ1) is 11.3. The van der Waals surface area contributed by atoms with Crippen molar-refractivity contribution >= 4 is 44.2 Å². The molecule has 0 fully saturated rings. The molecule has 0 spiro atoms. The number of rotatable bonds is 3. The normalized spacial score (nSPS) is 8.00. The van der Waals surface area contributed by atoms with Gasteiger partial charge in [0.15, 0.2) is 0 Å². The van der Waals surface area contributed by atoms with Crippen molar-refractivity contribution in [3.63, 3.8) is 0 Å². The van der Waals surface area contributed by atoms with Crippen LogP contribution in [-0.2, 0) is 13.9 Å². The van der Waals surface area contributed by atoms with Crippen molar-refractivity contribution < 1.29 is 13.9 Å². The molecule has 0 radical (unpaired) electrons. The number of primary amides is 1. The van der Waals surface area contributed by atoms with Gasteiger partial charge in [-0.15, -0.1) is 0 Å². The number of nitrogens with two attached hydrogens (primary N) is 1. The summed E-state index contributed by atoms with van der Waals surface area (Å²) in [6.07, 6.45) is 0. The van der Waals surface area contributed by atoms with E-state index < -0.39 is 14.6 Å². The Morgan fingerprint density at radius 1 is 1.75 bits per heavy atom. The van der Waals surface area contributed by atoms with E-state index in [1.54, 1.807) is 0 Å². The Kier molecular flexibility index (Phi) is 10.7. The van der Waals surface area contributed by atoms with Crippen LogP contribution in [0, 0.1) is 0 Å². The number of amides is 1. The zero-order valence-electron chi connectivity index (χ0n) is 3.46. The summed E-state index contributed by atoms with van der Waals surface area (Å²) in [5.74, 6) is -0.622. The molecule has 2 N–H and O–H groups in total. The average molecular weight is 145 g/mol. The summed E-state index contributed by atoms with van der Waals surface area (Å²) in [6.45, 7) is -0.287. The predicted molar refractivity (Wildman–Crippen MR) is 29.9 cm³/mol. The zero-order valence-corrected chi connectivity index (χ0v) is 4.35. The van der Waals surface area contributed by atoms with Gasteiger partial charge in [-0.05, 0) is 0 Å². The molecule has 0 aliphatic heterocycles. The molecule has 8 heavy (non-hydrogen) atoms. The van der Waals surface area contributed by atoms with Crippen molar-refractivity contribution in [1.82, 2.24) is 0 Å². The average Bonchev–Trinajstić information content (AvgIpc) is 1.61. The maximum absolute atomic E-state index is 9.71. The van der Waals surface area contributed by atoms with Crippen molar-refractivity contribution in [2.24, 2.45) is 5.73 Å². The summed E-state index contributed by atoms with van der Waals surface area (Å²) >= 11 is 0. The van der Waals surface area contributed by atoms with Crippen molar-refractivity contribution in [3.05, 3.63) is 0 Å². The summed E-state index contributed by atoms with van der Waals surface area (Å²) < 4.78 is 13.4. The van der Waals surface area contributed by atoms with Crippen LogP contribution in [0.15, 0.2) is 0 Å². The van der Waals surface area contributed by atoms with Gasteiger partial charge in [-0.25, -0.2) is 4.57 Å². The summed E-state index contributed by atoms with van der Waals surface area (Å²) in [7, 11) is -0.511. The second-order valence-corrected chi connectivity index (χ2v) is 1.22. The van der Waals surface area contributed by atoms with Gasteiger partial charge in [-0.1, -0.05) is 0 Å². The molecule has 0 aromatic heterocycles. The molecule has 0 unspecified atom stereocenters. The fourth-order valence-corrected chi connectivity index (χ4v) is 0.270. The number of hydrogen-bond donors (Lipinski definition) is 1. The molecule has 0 heterocycles. The topological polar surface area (TPSA) is 69.4 Å². The summed E-state index contributed by atoms with van der Waals surface area (Å²) in [6, 6.07) is 0. The molecule has 42 valence electrons. The predicted octanol–water partition coefficient (Wildman–Crippen LogP) is -0.954. The SMILES string of the molecule is NC(=O)COP=O.[NaH]. The van der Waals surface area contributed by atoms with Crippen LogP contribution in [-0.4, -0.2) is 42.1 Å². The van der Waals surface area contributed by atoms with Crippen LogP contribution in [0.1, 0.15) is 0 Å². The van der Waals surface area contributed by atoms with E-state index in [2.05, 4.69) is 10.3 Å². The van der Waals surface area contributed by atoms with E-state index in [9.17, 15) is 9.36 Å². The van der Waals surface area contributed by atoms with Crippen molar-refractivity contribution in [1.29, 1.82) is 0 Å². The minimum atomic E-state index is -0.622. The van der Waals surface area contributed by atoms with E-state index in [1.165, 1.54) is 0 Å². The minimum absolute atomic E-state index is 0. The van der Waals surface area contributed by atoms with Crippen LogP contribution >= 0.6 is 8.69 Å². The first-order valence-corrected chi connectivity index (χ1v) is 2.23. The monoisotopic (exact) mass is 145 g/mol. The fraction of sp³-hybridized carbons (Fsp3) is 0.500. The Bertz CT molecular complexity index is 87.4. The summed E-state index contributed by atoms with van der Waals surface area (Å²) in [4.78, 5) is 9.71. The van der Waals surface area contributed by atoms with E-state index in [0.29, 0.717) is 0 Å². The molecule has 0 atom stereocenters. The molecule has 0 bridgehead atoms. The molecule has 4 nitrogen and oxygen atoms in total. The van der Waals surface area contributed by atoms with Gasteiger partial charge in [-0.3, -0.25) is 9.32 Å². The van der Waals surface area contributed by atoms with E-state index in [-0.39, 0.29) is 36.2 Å². The van der Waals surface area contributed by atoms with Gasteiger partial charge < -0.3 is 5.73 Å². The van der Waals surface area contributed by atoms with Crippen LogP contribution in [0.3, 0.4) is 0 Å². The quantitative estimate of drug-likeness (QED) is 0.411.